The van der Waals surface area contributed by atoms with Gasteiger partial charge in [-0.25, -0.2) is 0 Å². The van der Waals surface area contributed by atoms with E-state index in [4.69, 9.17) is 9.52 Å². The summed E-state index contributed by atoms with van der Waals surface area (Å²) in [6, 6.07) is 3.61. The topological polar surface area (TPSA) is 62.5 Å². The molecule has 0 unspecified atom stereocenters. The zero-order valence-corrected chi connectivity index (χ0v) is 7.99. The van der Waals surface area contributed by atoms with E-state index < -0.39 is 0 Å². The zero-order valence-electron chi connectivity index (χ0n) is 7.99. The Morgan fingerprint density at radius 1 is 1.64 bits per heavy atom. The van der Waals surface area contributed by atoms with Crippen LogP contribution in [0.1, 0.15) is 11.5 Å². The van der Waals surface area contributed by atoms with Crippen LogP contribution in [-0.2, 0) is 4.79 Å². The summed E-state index contributed by atoms with van der Waals surface area (Å²) >= 11 is 0. The van der Waals surface area contributed by atoms with Crippen LogP contribution in [0.2, 0.25) is 0 Å². The number of rotatable bonds is 4. The maximum atomic E-state index is 11.0. The van der Waals surface area contributed by atoms with Crippen LogP contribution in [0.4, 0.5) is 0 Å². The number of carbonyl (C=O) groups excluding carboxylic acids is 1. The number of hydrogen-bond acceptors (Lipinski definition) is 3. The minimum atomic E-state index is -0.242. The maximum Gasteiger partial charge on any atom is 0.244 e. The molecule has 4 heteroatoms. The van der Waals surface area contributed by atoms with E-state index in [0.29, 0.717) is 5.76 Å². The van der Waals surface area contributed by atoms with Crippen molar-refractivity contribution in [2.75, 3.05) is 13.2 Å². The molecule has 0 fully saturated rings. The SMILES string of the molecule is Cc1ccc(/C=C/C(=O)NCCO)o1. The van der Waals surface area contributed by atoms with E-state index in [-0.39, 0.29) is 19.1 Å². The average molecular weight is 195 g/mol. The molecule has 0 saturated carbocycles. The number of aliphatic hydroxyl groups excluding tert-OH is 1. The van der Waals surface area contributed by atoms with Gasteiger partial charge in [0.2, 0.25) is 5.91 Å². The van der Waals surface area contributed by atoms with E-state index in [1.807, 2.05) is 13.0 Å². The fourth-order valence-corrected chi connectivity index (χ4v) is 0.939. The molecule has 14 heavy (non-hydrogen) atoms. The summed E-state index contributed by atoms with van der Waals surface area (Å²) in [6.45, 7) is 2.04. The van der Waals surface area contributed by atoms with Crippen molar-refractivity contribution >= 4 is 12.0 Å². The second kappa shape index (κ2) is 5.24. The molecular formula is C10H13NO3. The van der Waals surface area contributed by atoms with Crippen molar-refractivity contribution in [3.8, 4) is 0 Å². The number of hydrogen-bond donors (Lipinski definition) is 2. The average Bonchev–Trinajstić information content (AvgIpc) is 2.58. The van der Waals surface area contributed by atoms with Crippen molar-refractivity contribution in [2.24, 2.45) is 0 Å². The van der Waals surface area contributed by atoms with Crippen LogP contribution in [0.25, 0.3) is 6.08 Å². The minimum absolute atomic E-state index is 0.0561. The largest absolute Gasteiger partial charge is 0.462 e. The number of aryl methyl sites for hydroxylation is 1. The van der Waals surface area contributed by atoms with E-state index in [9.17, 15) is 4.79 Å². The zero-order chi connectivity index (χ0) is 10.4. The summed E-state index contributed by atoms with van der Waals surface area (Å²) < 4.78 is 5.22. The molecule has 1 heterocycles. The molecule has 0 spiro atoms. The van der Waals surface area contributed by atoms with E-state index in [2.05, 4.69) is 5.32 Å². The van der Waals surface area contributed by atoms with Gasteiger partial charge < -0.3 is 14.8 Å². The number of carbonyl (C=O) groups is 1. The lowest BCUT2D eigenvalue weighted by molar-refractivity contribution is -0.116. The van der Waals surface area contributed by atoms with Crippen molar-refractivity contribution in [1.29, 1.82) is 0 Å². The molecule has 0 radical (unpaired) electrons. The molecule has 4 nitrogen and oxygen atoms in total. The second-order valence-corrected chi connectivity index (χ2v) is 2.80. The van der Waals surface area contributed by atoms with Gasteiger partial charge in [0.05, 0.1) is 6.61 Å². The van der Waals surface area contributed by atoms with Crippen molar-refractivity contribution < 1.29 is 14.3 Å². The van der Waals surface area contributed by atoms with Crippen LogP contribution in [0.3, 0.4) is 0 Å². The summed E-state index contributed by atoms with van der Waals surface area (Å²) in [5.74, 6) is 1.20. The summed E-state index contributed by atoms with van der Waals surface area (Å²) in [5.41, 5.74) is 0. The minimum Gasteiger partial charge on any atom is -0.462 e. The molecule has 0 atom stereocenters. The van der Waals surface area contributed by atoms with E-state index in [0.717, 1.165) is 5.76 Å². The Hall–Kier alpha value is -1.55. The van der Waals surface area contributed by atoms with Crippen molar-refractivity contribution in [3.05, 3.63) is 29.7 Å². The predicted octanol–water partition coefficient (Wildman–Crippen LogP) is 0.710. The molecule has 1 rings (SSSR count). The van der Waals surface area contributed by atoms with Crippen LogP contribution in [-0.4, -0.2) is 24.2 Å². The van der Waals surface area contributed by atoms with Crippen LogP contribution in [0.5, 0.6) is 0 Å². The highest BCUT2D eigenvalue weighted by Crippen LogP contribution is 2.07. The fourth-order valence-electron chi connectivity index (χ4n) is 0.939. The fraction of sp³-hybridized carbons (Fsp3) is 0.300. The Labute approximate surface area is 82.2 Å². The Balaban J connectivity index is 2.43. The molecule has 2 N–H and O–H groups in total. The molecule has 0 aromatic carbocycles. The molecule has 1 aromatic rings. The maximum absolute atomic E-state index is 11.0. The second-order valence-electron chi connectivity index (χ2n) is 2.80. The molecule has 0 aliphatic rings. The van der Waals surface area contributed by atoms with Gasteiger partial charge in [0.25, 0.3) is 0 Å². The van der Waals surface area contributed by atoms with Crippen molar-refractivity contribution in [3.63, 3.8) is 0 Å². The molecule has 0 saturated heterocycles. The quantitative estimate of drug-likeness (QED) is 0.695. The van der Waals surface area contributed by atoms with Gasteiger partial charge in [0.15, 0.2) is 0 Å². The predicted molar refractivity (Wildman–Crippen MR) is 52.6 cm³/mol. The Morgan fingerprint density at radius 3 is 3.00 bits per heavy atom. The van der Waals surface area contributed by atoms with Crippen LogP contribution < -0.4 is 5.32 Å². The third-order valence-corrected chi connectivity index (χ3v) is 1.57. The summed E-state index contributed by atoms with van der Waals surface area (Å²) in [7, 11) is 0. The normalized spacial score (nSPS) is 10.7. The standard InChI is InChI=1S/C10H13NO3/c1-8-2-3-9(14-8)4-5-10(13)11-6-7-12/h2-5,12H,6-7H2,1H3,(H,11,13)/b5-4+. The Morgan fingerprint density at radius 2 is 2.43 bits per heavy atom. The lowest BCUT2D eigenvalue weighted by Crippen LogP contribution is -2.24. The summed E-state index contributed by atoms with van der Waals surface area (Å²) in [4.78, 5) is 11.0. The first-order valence-electron chi connectivity index (χ1n) is 4.35. The molecule has 1 amide bonds. The number of nitrogens with one attached hydrogen (secondary N) is 1. The lowest BCUT2D eigenvalue weighted by Gasteiger charge is -1.95. The first kappa shape index (κ1) is 10.5. The van der Waals surface area contributed by atoms with Crippen molar-refractivity contribution in [2.45, 2.75) is 6.92 Å². The van der Waals surface area contributed by atoms with Gasteiger partial charge in [-0.3, -0.25) is 4.79 Å². The highest BCUT2D eigenvalue weighted by Gasteiger charge is 1.95. The van der Waals surface area contributed by atoms with Gasteiger partial charge in [-0.15, -0.1) is 0 Å². The summed E-state index contributed by atoms with van der Waals surface area (Å²) in [5, 5.41) is 10.9. The smallest absolute Gasteiger partial charge is 0.244 e. The molecule has 76 valence electrons. The van der Waals surface area contributed by atoms with Gasteiger partial charge in [0.1, 0.15) is 11.5 Å². The van der Waals surface area contributed by atoms with Crippen LogP contribution in [0.15, 0.2) is 22.6 Å². The van der Waals surface area contributed by atoms with Crippen molar-refractivity contribution in [1.82, 2.24) is 5.32 Å². The van der Waals surface area contributed by atoms with E-state index in [1.165, 1.54) is 6.08 Å². The number of amides is 1. The third-order valence-electron chi connectivity index (χ3n) is 1.57. The van der Waals surface area contributed by atoms with Crippen LogP contribution >= 0.6 is 0 Å². The van der Waals surface area contributed by atoms with Gasteiger partial charge in [0, 0.05) is 12.6 Å². The first-order valence-corrected chi connectivity index (χ1v) is 4.35. The molecule has 0 aliphatic heterocycles. The Bertz CT molecular complexity index is 328. The molecule has 0 bridgehead atoms. The first-order chi connectivity index (χ1) is 6.72. The van der Waals surface area contributed by atoms with Gasteiger partial charge in [-0.1, -0.05) is 0 Å². The van der Waals surface area contributed by atoms with Gasteiger partial charge in [-0.2, -0.15) is 0 Å². The number of furan rings is 1. The molecule has 1 aromatic heterocycles. The molecular weight excluding hydrogens is 182 g/mol. The van der Waals surface area contributed by atoms with Gasteiger partial charge in [-0.05, 0) is 25.1 Å². The highest BCUT2D eigenvalue weighted by atomic mass is 16.3. The third kappa shape index (κ3) is 3.45. The lowest BCUT2D eigenvalue weighted by atomic mass is 10.4. The van der Waals surface area contributed by atoms with E-state index in [1.54, 1.807) is 12.1 Å². The van der Waals surface area contributed by atoms with Gasteiger partial charge >= 0.3 is 0 Å². The molecule has 0 aliphatic carbocycles. The summed E-state index contributed by atoms with van der Waals surface area (Å²) in [6.07, 6.45) is 2.95. The van der Waals surface area contributed by atoms with Crippen LogP contribution in [0, 0.1) is 6.92 Å². The monoisotopic (exact) mass is 195 g/mol. The number of aliphatic hydroxyl groups is 1. The van der Waals surface area contributed by atoms with E-state index >= 15 is 0 Å². The Kier molecular flexibility index (Phi) is 3.94. The highest BCUT2D eigenvalue weighted by molar-refractivity contribution is 5.91.